The van der Waals surface area contributed by atoms with Gasteiger partial charge in [0.15, 0.2) is 0 Å². The van der Waals surface area contributed by atoms with Gasteiger partial charge < -0.3 is 10.1 Å². The van der Waals surface area contributed by atoms with Gasteiger partial charge in [0.1, 0.15) is 5.75 Å². The summed E-state index contributed by atoms with van der Waals surface area (Å²) in [7, 11) is 0. The van der Waals surface area contributed by atoms with Crippen LogP contribution >= 0.6 is 11.6 Å². The Labute approximate surface area is 113 Å². The molecule has 0 aliphatic rings. The minimum atomic E-state index is -0.199. The molecule has 0 aliphatic heterocycles. The molecule has 2 N–H and O–H groups in total. The number of rotatable bonds is 2. The van der Waals surface area contributed by atoms with Crippen molar-refractivity contribution in [2.75, 3.05) is 0 Å². The first-order chi connectivity index (χ1) is 9.13. The van der Waals surface area contributed by atoms with Crippen molar-refractivity contribution in [1.82, 2.24) is 9.55 Å². The summed E-state index contributed by atoms with van der Waals surface area (Å²) in [6.45, 7) is 0.459. The third-order valence-electron chi connectivity index (χ3n) is 3.01. The summed E-state index contributed by atoms with van der Waals surface area (Å²) in [6.07, 6.45) is 0. The second-order valence-electron chi connectivity index (χ2n) is 4.34. The van der Waals surface area contributed by atoms with Crippen LogP contribution < -0.4 is 5.69 Å². The molecule has 0 saturated carbocycles. The molecule has 2 aromatic carbocycles. The van der Waals surface area contributed by atoms with Crippen molar-refractivity contribution in [3.63, 3.8) is 0 Å². The zero-order chi connectivity index (χ0) is 13.4. The summed E-state index contributed by atoms with van der Waals surface area (Å²) < 4.78 is 1.62. The van der Waals surface area contributed by atoms with E-state index in [0.29, 0.717) is 17.1 Å². The van der Waals surface area contributed by atoms with E-state index in [4.69, 9.17) is 11.6 Å². The van der Waals surface area contributed by atoms with E-state index in [2.05, 4.69) is 4.98 Å². The second kappa shape index (κ2) is 4.48. The maximum Gasteiger partial charge on any atom is 0.326 e. The van der Waals surface area contributed by atoms with Crippen LogP contribution in [0, 0.1) is 0 Å². The molecule has 0 saturated heterocycles. The molecular weight excluding hydrogens is 264 g/mol. The second-order valence-corrected chi connectivity index (χ2v) is 4.78. The third kappa shape index (κ3) is 2.22. The predicted molar refractivity (Wildman–Crippen MR) is 74.8 cm³/mol. The van der Waals surface area contributed by atoms with Gasteiger partial charge in [0.2, 0.25) is 0 Å². The molecule has 19 heavy (non-hydrogen) atoms. The number of benzene rings is 2. The highest BCUT2D eigenvalue weighted by Gasteiger charge is 2.07. The molecule has 0 radical (unpaired) electrons. The van der Waals surface area contributed by atoms with Gasteiger partial charge >= 0.3 is 5.69 Å². The number of hydrogen-bond acceptors (Lipinski definition) is 2. The lowest BCUT2D eigenvalue weighted by molar-refractivity contribution is 0.476. The first-order valence-electron chi connectivity index (χ1n) is 5.79. The molecule has 1 aromatic heterocycles. The Morgan fingerprint density at radius 2 is 1.89 bits per heavy atom. The molecular formula is C14H11ClN2O2. The van der Waals surface area contributed by atoms with Crippen molar-refractivity contribution in [2.45, 2.75) is 6.54 Å². The lowest BCUT2D eigenvalue weighted by Crippen LogP contribution is -2.17. The minimum absolute atomic E-state index is 0.132. The Kier molecular flexibility index (Phi) is 2.80. The van der Waals surface area contributed by atoms with Crippen molar-refractivity contribution in [3.8, 4) is 5.75 Å². The highest BCUT2D eigenvalue weighted by molar-refractivity contribution is 6.30. The molecule has 3 aromatic rings. The Hall–Kier alpha value is -2.20. The van der Waals surface area contributed by atoms with Gasteiger partial charge in [-0.2, -0.15) is 0 Å². The summed E-state index contributed by atoms with van der Waals surface area (Å²) in [4.78, 5) is 14.6. The van der Waals surface area contributed by atoms with Crippen LogP contribution in [0.2, 0.25) is 5.02 Å². The number of hydrogen-bond donors (Lipinski definition) is 2. The molecule has 0 amide bonds. The lowest BCUT2D eigenvalue weighted by Gasteiger charge is -2.04. The van der Waals surface area contributed by atoms with E-state index in [1.807, 2.05) is 12.1 Å². The fourth-order valence-electron chi connectivity index (χ4n) is 2.08. The number of H-pyrrole nitrogens is 1. The Balaban J connectivity index is 2.07. The van der Waals surface area contributed by atoms with Gasteiger partial charge in [0.25, 0.3) is 0 Å². The van der Waals surface area contributed by atoms with Gasteiger partial charge in [-0.05, 0) is 29.8 Å². The summed E-state index contributed by atoms with van der Waals surface area (Å²) >= 11 is 5.83. The van der Waals surface area contributed by atoms with Crippen molar-refractivity contribution < 1.29 is 5.11 Å². The Morgan fingerprint density at radius 1 is 1.16 bits per heavy atom. The third-order valence-corrected chi connectivity index (χ3v) is 3.26. The molecule has 4 nitrogen and oxygen atoms in total. The zero-order valence-corrected chi connectivity index (χ0v) is 10.7. The fourth-order valence-corrected chi connectivity index (χ4v) is 2.21. The lowest BCUT2D eigenvalue weighted by atomic mass is 10.2. The number of phenols is 1. The number of fused-ring (bicyclic) bond motifs is 1. The van der Waals surface area contributed by atoms with Crippen molar-refractivity contribution in [1.29, 1.82) is 0 Å². The highest BCUT2D eigenvalue weighted by Crippen LogP contribution is 2.18. The van der Waals surface area contributed by atoms with Crippen LogP contribution in [0.1, 0.15) is 5.56 Å². The molecule has 0 unspecified atom stereocenters. The quantitative estimate of drug-likeness (QED) is 0.755. The number of nitrogens with one attached hydrogen (secondary N) is 1. The van der Waals surface area contributed by atoms with Crippen LogP contribution in [-0.2, 0) is 6.54 Å². The van der Waals surface area contributed by atoms with Crippen LogP contribution in [-0.4, -0.2) is 14.7 Å². The molecule has 0 aliphatic carbocycles. The number of imidazole rings is 1. The van der Waals surface area contributed by atoms with Crippen LogP contribution in [0.15, 0.2) is 47.3 Å². The maximum atomic E-state index is 11.9. The number of aromatic amines is 1. The van der Waals surface area contributed by atoms with Gasteiger partial charge in [-0.1, -0.05) is 23.7 Å². The minimum Gasteiger partial charge on any atom is -0.508 e. The molecule has 0 fully saturated rings. The number of halogens is 1. The maximum absolute atomic E-state index is 11.9. The van der Waals surface area contributed by atoms with Gasteiger partial charge in [0.05, 0.1) is 17.6 Å². The van der Waals surface area contributed by atoms with Crippen LogP contribution in [0.4, 0.5) is 0 Å². The van der Waals surface area contributed by atoms with Gasteiger partial charge in [-0.15, -0.1) is 0 Å². The topological polar surface area (TPSA) is 58.0 Å². The van der Waals surface area contributed by atoms with Gasteiger partial charge in [0, 0.05) is 11.1 Å². The van der Waals surface area contributed by atoms with E-state index in [9.17, 15) is 9.90 Å². The number of phenolic OH excluding ortho intramolecular Hbond substituents is 1. The summed E-state index contributed by atoms with van der Waals surface area (Å²) in [5, 5.41) is 10.1. The average molecular weight is 275 g/mol. The van der Waals surface area contributed by atoms with E-state index < -0.39 is 0 Å². The molecule has 0 bridgehead atoms. The van der Waals surface area contributed by atoms with Crippen LogP contribution in [0.25, 0.3) is 11.0 Å². The van der Waals surface area contributed by atoms with Crippen molar-refractivity contribution in [3.05, 3.63) is 63.5 Å². The smallest absolute Gasteiger partial charge is 0.326 e. The van der Waals surface area contributed by atoms with E-state index in [1.54, 1.807) is 28.8 Å². The van der Waals surface area contributed by atoms with E-state index >= 15 is 0 Å². The van der Waals surface area contributed by atoms with Crippen LogP contribution in [0.5, 0.6) is 5.75 Å². The van der Waals surface area contributed by atoms with E-state index in [0.717, 1.165) is 11.1 Å². The molecule has 96 valence electrons. The normalized spacial score (nSPS) is 11.0. The fraction of sp³-hybridized carbons (Fsp3) is 0.0714. The van der Waals surface area contributed by atoms with Crippen molar-refractivity contribution in [2.24, 2.45) is 0 Å². The predicted octanol–water partition coefficient (Wildman–Crippen LogP) is 2.74. The molecule has 3 rings (SSSR count). The first-order valence-corrected chi connectivity index (χ1v) is 6.17. The average Bonchev–Trinajstić information content (AvgIpc) is 2.68. The van der Waals surface area contributed by atoms with E-state index in [1.165, 1.54) is 6.07 Å². The van der Waals surface area contributed by atoms with Crippen molar-refractivity contribution >= 4 is 22.6 Å². The summed E-state index contributed by atoms with van der Waals surface area (Å²) in [6, 6.07) is 12.2. The molecule has 5 heteroatoms. The van der Waals surface area contributed by atoms with Crippen LogP contribution in [0.3, 0.4) is 0 Å². The number of aromatic hydroxyl groups is 1. The summed E-state index contributed by atoms with van der Waals surface area (Å²) in [5.74, 6) is 0.132. The molecule has 0 atom stereocenters. The van der Waals surface area contributed by atoms with E-state index in [-0.39, 0.29) is 11.4 Å². The Bertz CT molecular complexity index is 787. The SMILES string of the molecule is O=c1[nH]c2cc(O)ccc2n1Cc1ccc(Cl)cc1. The zero-order valence-electron chi connectivity index (χ0n) is 9.93. The highest BCUT2D eigenvalue weighted by atomic mass is 35.5. The molecule has 0 spiro atoms. The Morgan fingerprint density at radius 3 is 2.63 bits per heavy atom. The van der Waals surface area contributed by atoms with Gasteiger partial charge in [-0.25, -0.2) is 4.79 Å². The first kappa shape index (κ1) is 11.9. The largest absolute Gasteiger partial charge is 0.508 e. The molecule has 1 heterocycles. The number of nitrogens with zero attached hydrogens (tertiary/aromatic N) is 1. The van der Waals surface area contributed by atoms with Gasteiger partial charge in [-0.3, -0.25) is 4.57 Å². The number of aromatic nitrogens is 2. The standard InChI is InChI=1S/C14H11ClN2O2/c15-10-3-1-9(2-4-10)8-17-13-6-5-11(18)7-12(13)16-14(17)19/h1-7,18H,8H2,(H,16,19). The summed E-state index contributed by atoms with van der Waals surface area (Å²) in [5.41, 5.74) is 2.17. The monoisotopic (exact) mass is 274 g/mol.